The maximum Gasteiger partial charge on any atom is 0.389 e. The minimum absolute atomic E-state index is 0.0540. The lowest BCUT2D eigenvalue weighted by atomic mass is 9.75. The van der Waals surface area contributed by atoms with E-state index in [-0.39, 0.29) is 6.42 Å². The first kappa shape index (κ1) is 14.8. The largest absolute Gasteiger partial charge is 0.390 e. The van der Waals surface area contributed by atoms with Gasteiger partial charge in [0.05, 0.1) is 5.60 Å². The van der Waals surface area contributed by atoms with E-state index in [4.69, 9.17) is 0 Å². The Morgan fingerprint density at radius 2 is 1.82 bits per heavy atom. The Kier molecular flexibility index (Phi) is 5.29. The predicted octanol–water partition coefficient (Wildman–Crippen LogP) is 4.44. The maximum atomic E-state index is 12.0. The number of halogens is 3. The van der Waals surface area contributed by atoms with Crippen LogP contribution in [0.2, 0.25) is 0 Å². The molecule has 1 rings (SSSR count). The molecule has 0 spiro atoms. The number of hydrogen-bond acceptors (Lipinski definition) is 1. The molecule has 1 aliphatic carbocycles. The molecule has 0 aromatic heterocycles. The van der Waals surface area contributed by atoms with E-state index in [0.717, 1.165) is 19.3 Å². The number of hydrogen-bond donors (Lipinski definition) is 1. The first-order valence-corrected chi connectivity index (χ1v) is 6.64. The Morgan fingerprint density at radius 3 is 2.29 bits per heavy atom. The smallest absolute Gasteiger partial charge is 0.389 e. The monoisotopic (exact) mass is 252 g/mol. The zero-order valence-corrected chi connectivity index (χ0v) is 10.5. The molecule has 4 heteroatoms. The highest BCUT2D eigenvalue weighted by Crippen LogP contribution is 2.38. The number of alkyl halides is 3. The summed E-state index contributed by atoms with van der Waals surface area (Å²) in [6.45, 7) is 2.14. The van der Waals surface area contributed by atoms with Gasteiger partial charge in [-0.05, 0) is 44.4 Å². The van der Waals surface area contributed by atoms with Crippen molar-refractivity contribution in [3.63, 3.8) is 0 Å². The van der Waals surface area contributed by atoms with Crippen LogP contribution in [-0.4, -0.2) is 16.9 Å². The molecule has 0 aromatic carbocycles. The van der Waals surface area contributed by atoms with E-state index in [0.29, 0.717) is 25.2 Å². The highest BCUT2D eigenvalue weighted by Gasteiger charge is 2.34. The first-order chi connectivity index (χ1) is 7.85. The van der Waals surface area contributed by atoms with Gasteiger partial charge in [0.15, 0.2) is 0 Å². The molecule has 0 heterocycles. The molecule has 0 unspecified atom stereocenters. The summed E-state index contributed by atoms with van der Waals surface area (Å²) < 4.78 is 36.0. The molecule has 1 saturated carbocycles. The van der Waals surface area contributed by atoms with Crippen LogP contribution < -0.4 is 0 Å². The van der Waals surface area contributed by atoms with E-state index in [1.165, 1.54) is 6.42 Å². The molecule has 1 nitrogen and oxygen atoms in total. The third kappa shape index (κ3) is 5.75. The summed E-state index contributed by atoms with van der Waals surface area (Å²) in [5, 5.41) is 10.2. The third-order valence-electron chi connectivity index (χ3n) is 3.84. The van der Waals surface area contributed by atoms with Crippen molar-refractivity contribution < 1.29 is 18.3 Å². The molecule has 0 saturated heterocycles. The van der Waals surface area contributed by atoms with Gasteiger partial charge in [-0.2, -0.15) is 13.2 Å². The van der Waals surface area contributed by atoms with Crippen LogP contribution in [0.3, 0.4) is 0 Å². The van der Waals surface area contributed by atoms with Crippen LogP contribution in [0.25, 0.3) is 0 Å². The molecule has 0 amide bonds. The second-order valence-corrected chi connectivity index (χ2v) is 5.43. The van der Waals surface area contributed by atoms with Crippen LogP contribution in [-0.2, 0) is 0 Å². The Labute approximate surface area is 101 Å². The summed E-state index contributed by atoms with van der Waals surface area (Å²) in [6.07, 6.45) is 1.11. The van der Waals surface area contributed by atoms with Crippen LogP contribution in [0.5, 0.6) is 0 Å². The normalized spacial score (nSPS) is 30.5. The van der Waals surface area contributed by atoms with Crippen molar-refractivity contribution in [2.75, 3.05) is 0 Å². The Balaban J connectivity index is 2.25. The van der Waals surface area contributed by atoms with Gasteiger partial charge in [-0.1, -0.05) is 19.8 Å². The highest BCUT2D eigenvalue weighted by atomic mass is 19.4. The molecule has 0 atom stereocenters. The predicted molar refractivity (Wildman–Crippen MR) is 61.7 cm³/mol. The van der Waals surface area contributed by atoms with Crippen molar-refractivity contribution in [3.8, 4) is 0 Å². The zero-order valence-electron chi connectivity index (χ0n) is 10.5. The van der Waals surface area contributed by atoms with E-state index in [2.05, 4.69) is 6.92 Å². The van der Waals surface area contributed by atoms with Crippen LogP contribution in [0.4, 0.5) is 13.2 Å². The first-order valence-electron chi connectivity index (χ1n) is 6.64. The molecule has 1 N–H and O–H groups in total. The van der Waals surface area contributed by atoms with Crippen molar-refractivity contribution in [1.29, 1.82) is 0 Å². The summed E-state index contributed by atoms with van der Waals surface area (Å²) >= 11 is 0. The van der Waals surface area contributed by atoms with Gasteiger partial charge in [-0.15, -0.1) is 0 Å². The van der Waals surface area contributed by atoms with Crippen LogP contribution >= 0.6 is 0 Å². The molecule has 1 aliphatic rings. The zero-order chi connectivity index (χ0) is 12.9. The molecule has 0 aliphatic heterocycles. The van der Waals surface area contributed by atoms with Crippen LogP contribution in [0.1, 0.15) is 64.7 Å². The average molecular weight is 252 g/mol. The van der Waals surface area contributed by atoms with Crippen molar-refractivity contribution in [3.05, 3.63) is 0 Å². The Hall–Kier alpha value is -0.250. The van der Waals surface area contributed by atoms with Crippen molar-refractivity contribution in [2.45, 2.75) is 76.5 Å². The van der Waals surface area contributed by atoms with E-state index >= 15 is 0 Å². The number of aliphatic hydroxyl groups is 1. The average Bonchev–Trinajstić information content (AvgIpc) is 2.20. The third-order valence-corrected chi connectivity index (χ3v) is 3.84. The van der Waals surface area contributed by atoms with E-state index in [9.17, 15) is 18.3 Å². The fraction of sp³-hybridized carbons (Fsp3) is 1.00. The second-order valence-electron chi connectivity index (χ2n) is 5.43. The SMILES string of the molecule is CCCC1CCC(O)(CCCC(F)(F)F)CC1. The van der Waals surface area contributed by atoms with Crippen molar-refractivity contribution in [2.24, 2.45) is 5.92 Å². The summed E-state index contributed by atoms with van der Waals surface area (Å²) in [7, 11) is 0. The van der Waals surface area contributed by atoms with Gasteiger partial charge >= 0.3 is 6.18 Å². The molecule has 0 aromatic rings. The van der Waals surface area contributed by atoms with E-state index in [1.807, 2.05) is 0 Å². The topological polar surface area (TPSA) is 20.2 Å². The lowest BCUT2D eigenvalue weighted by Gasteiger charge is -2.36. The lowest BCUT2D eigenvalue weighted by Crippen LogP contribution is -2.34. The Morgan fingerprint density at radius 1 is 1.24 bits per heavy atom. The molecule has 1 fully saturated rings. The summed E-state index contributed by atoms with van der Waals surface area (Å²) in [5.41, 5.74) is -0.824. The lowest BCUT2D eigenvalue weighted by molar-refractivity contribution is -0.138. The summed E-state index contributed by atoms with van der Waals surface area (Å²) in [4.78, 5) is 0. The highest BCUT2D eigenvalue weighted by molar-refractivity contribution is 4.85. The van der Waals surface area contributed by atoms with Gasteiger partial charge in [0, 0.05) is 6.42 Å². The quantitative estimate of drug-likeness (QED) is 0.767. The van der Waals surface area contributed by atoms with Gasteiger partial charge < -0.3 is 5.11 Å². The van der Waals surface area contributed by atoms with Crippen molar-refractivity contribution >= 4 is 0 Å². The molecule has 0 radical (unpaired) electrons. The number of rotatable bonds is 5. The van der Waals surface area contributed by atoms with Gasteiger partial charge in [0.25, 0.3) is 0 Å². The Bertz CT molecular complexity index is 217. The van der Waals surface area contributed by atoms with Crippen LogP contribution in [0, 0.1) is 5.92 Å². The summed E-state index contributed by atoms with van der Waals surface area (Å²) in [6, 6.07) is 0. The molecule has 0 bridgehead atoms. The fourth-order valence-corrected chi connectivity index (χ4v) is 2.78. The van der Waals surface area contributed by atoms with Crippen molar-refractivity contribution in [1.82, 2.24) is 0 Å². The van der Waals surface area contributed by atoms with E-state index < -0.39 is 18.2 Å². The van der Waals surface area contributed by atoms with E-state index in [1.54, 1.807) is 0 Å². The standard InChI is InChI=1S/C13H23F3O/c1-2-4-11-5-9-12(17,10-6-11)7-3-8-13(14,15)16/h11,17H,2-10H2,1H3. The van der Waals surface area contributed by atoms with Gasteiger partial charge in [-0.25, -0.2) is 0 Å². The van der Waals surface area contributed by atoms with Gasteiger partial charge in [0.2, 0.25) is 0 Å². The maximum absolute atomic E-state index is 12.0. The molecular weight excluding hydrogens is 229 g/mol. The second kappa shape index (κ2) is 6.07. The van der Waals surface area contributed by atoms with Gasteiger partial charge in [-0.3, -0.25) is 0 Å². The fourth-order valence-electron chi connectivity index (χ4n) is 2.78. The molecule has 17 heavy (non-hydrogen) atoms. The van der Waals surface area contributed by atoms with Crippen LogP contribution in [0.15, 0.2) is 0 Å². The van der Waals surface area contributed by atoms with Gasteiger partial charge in [0.1, 0.15) is 0 Å². The minimum atomic E-state index is -4.09. The summed E-state index contributed by atoms with van der Waals surface area (Å²) in [5.74, 6) is 0.669. The minimum Gasteiger partial charge on any atom is -0.390 e. The molecule has 102 valence electrons. The molecular formula is C13H23F3O.